The lowest BCUT2D eigenvalue weighted by Gasteiger charge is -2.31. The number of carbonyl (C=O) groups excluding carboxylic acids is 2. The van der Waals surface area contributed by atoms with Crippen molar-refractivity contribution >= 4 is 17.6 Å². The Balaban J connectivity index is 1.26. The van der Waals surface area contributed by atoms with Crippen molar-refractivity contribution in [2.24, 2.45) is 5.92 Å². The molecule has 1 fully saturated rings. The van der Waals surface area contributed by atoms with Gasteiger partial charge in [-0.1, -0.05) is 18.2 Å². The smallest absolute Gasteiger partial charge is 0.310 e. The fraction of sp³-hybridized carbons (Fsp3) is 0.393. The molecule has 0 unspecified atom stereocenters. The maximum atomic E-state index is 13.1. The van der Waals surface area contributed by atoms with Gasteiger partial charge < -0.3 is 19.0 Å². The van der Waals surface area contributed by atoms with Gasteiger partial charge in [-0.15, -0.1) is 0 Å². The van der Waals surface area contributed by atoms with Crippen LogP contribution in [0.5, 0.6) is 0 Å². The van der Waals surface area contributed by atoms with Gasteiger partial charge in [0.05, 0.1) is 19.1 Å². The highest BCUT2D eigenvalue weighted by atomic mass is 16.5. The number of aromatic nitrogens is 1. The third kappa shape index (κ3) is 4.81. The van der Waals surface area contributed by atoms with E-state index in [1.807, 2.05) is 31.2 Å². The van der Waals surface area contributed by atoms with Crippen LogP contribution in [-0.4, -0.2) is 48.0 Å². The number of para-hydroxylation sites is 1. The molecule has 1 amide bonds. The minimum absolute atomic E-state index is 0.0671. The summed E-state index contributed by atoms with van der Waals surface area (Å²) in [6.07, 6.45) is 2.61. The van der Waals surface area contributed by atoms with Crippen molar-refractivity contribution in [1.82, 2.24) is 9.88 Å². The van der Waals surface area contributed by atoms with E-state index in [1.54, 1.807) is 11.8 Å². The molecule has 0 N–H and O–H groups in total. The average Bonchev–Trinajstić information content (AvgIpc) is 3.47. The Morgan fingerprint density at radius 1 is 1.11 bits per heavy atom. The highest BCUT2D eigenvalue weighted by molar-refractivity contribution is 5.95. The number of anilines is 1. The van der Waals surface area contributed by atoms with Crippen molar-refractivity contribution in [2.75, 3.05) is 31.1 Å². The maximum absolute atomic E-state index is 13.1. The van der Waals surface area contributed by atoms with Crippen LogP contribution in [0, 0.1) is 12.8 Å². The molecule has 7 nitrogen and oxygen atoms in total. The van der Waals surface area contributed by atoms with Crippen LogP contribution in [0.15, 0.2) is 52.9 Å². The van der Waals surface area contributed by atoms with Crippen molar-refractivity contribution in [3.8, 4) is 11.5 Å². The minimum Gasteiger partial charge on any atom is -0.466 e. The van der Waals surface area contributed by atoms with Gasteiger partial charge in [-0.25, -0.2) is 4.98 Å². The summed E-state index contributed by atoms with van der Waals surface area (Å²) in [6.45, 7) is 6.85. The fourth-order valence-corrected chi connectivity index (χ4v) is 5.00. The topological polar surface area (TPSA) is 75.9 Å². The maximum Gasteiger partial charge on any atom is 0.310 e. The molecule has 5 rings (SSSR count). The lowest BCUT2D eigenvalue weighted by molar-refractivity contribution is -0.149. The van der Waals surface area contributed by atoms with Gasteiger partial charge in [0, 0.05) is 36.4 Å². The number of esters is 1. The predicted octanol–water partition coefficient (Wildman–Crippen LogP) is 4.63. The molecule has 0 spiro atoms. The molecule has 1 aromatic heterocycles. The first-order valence-corrected chi connectivity index (χ1v) is 12.4. The normalized spacial score (nSPS) is 17.4. The number of amides is 1. The van der Waals surface area contributed by atoms with E-state index in [4.69, 9.17) is 14.1 Å². The Hall–Kier alpha value is -3.61. The number of ether oxygens (including phenoxy) is 1. The van der Waals surface area contributed by atoms with Crippen LogP contribution in [-0.2, 0) is 22.5 Å². The zero-order chi connectivity index (χ0) is 24.4. The quantitative estimate of drug-likeness (QED) is 0.486. The Kier molecular flexibility index (Phi) is 6.57. The summed E-state index contributed by atoms with van der Waals surface area (Å²) < 4.78 is 11.1. The number of nitrogens with zero attached hydrogens (tertiary/aromatic N) is 3. The molecule has 2 aliphatic heterocycles. The summed E-state index contributed by atoms with van der Waals surface area (Å²) in [7, 11) is 0. The number of rotatable bonds is 6. The highest BCUT2D eigenvalue weighted by Gasteiger charge is 2.30. The van der Waals surface area contributed by atoms with Crippen LogP contribution in [0.3, 0.4) is 0 Å². The van der Waals surface area contributed by atoms with E-state index in [0.29, 0.717) is 37.7 Å². The van der Waals surface area contributed by atoms with Crippen LogP contribution in [0.25, 0.3) is 11.5 Å². The van der Waals surface area contributed by atoms with E-state index in [2.05, 4.69) is 29.2 Å². The standard InChI is InChI=1S/C28H31N3O4/c1-3-34-28(33)23-8-6-15-31(17-23)27(32)22-12-10-21(11-13-22)26-29-24(19(2)35-26)18-30-16-14-20-7-4-5-9-25(20)30/h4-5,7,9-13,23H,3,6,8,14-18H2,1-2H3/t23-/m1/s1. The third-order valence-corrected chi connectivity index (χ3v) is 6.92. The van der Waals surface area contributed by atoms with Gasteiger partial charge in [-0.3, -0.25) is 9.59 Å². The van der Waals surface area contributed by atoms with Gasteiger partial charge in [-0.05, 0) is 69.0 Å². The lowest BCUT2D eigenvalue weighted by atomic mass is 9.97. The lowest BCUT2D eigenvalue weighted by Crippen LogP contribution is -2.42. The summed E-state index contributed by atoms with van der Waals surface area (Å²) >= 11 is 0. The molecule has 0 aliphatic carbocycles. The van der Waals surface area contributed by atoms with Crippen molar-refractivity contribution in [1.29, 1.82) is 0 Å². The van der Waals surface area contributed by atoms with E-state index in [0.717, 1.165) is 42.8 Å². The summed E-state index contributed by atoms with van der Waals surface area (Å²) in [6, 6.07) is 15.9. The zero-order valence-electron chi connectivity index (χ0n) is 20.3. The Labute approximate surface area is 205 Å². The number of aryl methyl sites for hydroxylation is 1. The van der Waals surface area contributed by atoms with E-state index < -0.39 is 0 Å². The Morgan fingerprint density at radius 2 is 1.91 bits per heavy atom. The molecule has 7 heteroatoms. The first kappa shape index (κ1) is 23.1. The van der Waals surface area contributed by atoms with E-state index >= 15 is 0 Å². The number of carbonyl (C=O) groups is 2. The Morgan fingerprint density at radius 3 is 2.71 bits per heavy atom. The molecule has 182 valence electrons. The van der Waals surface area contributed by atoms with Gasteiger partial charge in [-0.2, -0.15) is 0 Å². The average molecular weight is 474 g/mol. The Bertz CT molecular complexity index is 1220. The molecular formula is C28H31N3O4. The molecule has 1 atom stereocenters. The van der Waals surface area contributed by atoms with Gasteiger partial charge >= 0.3 is 5.97 Å². The van der Waals surface area contributed by atoms with Gasteiger partial charge in [0.2, 0.25) is 5.89 Å². The van der Waals surface area contributed by atoms with Gasteiger partial charge in [0.15, 0.2) is 0 Å². The second kappa shape index (κ2) is 9.94. The number of fused-ring (bicyclic) bond motifs is 1. The van der Waals surface area contributed by atoms with Gasteiger partial charge in [0.25, 0.3) is 5.91 Å². The summed E-state index contributed by atoms with van der Waals surface area (Å²) in [5, 5.41) is 0. The summed E-state index contributed by atoms with van der Waals surface area (Å²) in [4.78, 5) is 34.0. The molecule has 0 bridgehead atoms. The highest BCUT2D eigenvalue weighted by Crippen LogP contribution is 2.30. The zero-order valence-corrected chi connectivity index (χ0v) is 20.3. The molecule has 2 aliphatic rings. The number of oxazole rings is 1. The summed E-state index contributed by atoms with van der Waals surface area (Å²) in [5.41, 5.74) is 4.99. The molecule has 0 saturated carbocycles. The number of likely N-dealkylation sites (tertiary alicyclic amines) is 1. The predicted molar refractivity (Wildman–Crippen MR) is 133 cm³/mol. The van der Waals surface area contributed by atoms with Crippen molar-refractivity contribution in [3.63, 3.8) is 0 Å². The first-order chi connectivity index (χ1) is 17.0. The second-order valence-corrected chi connectivity index (χ2v) is 9.24. The molecule has 35 heavy (non-hydrogen) atoms. The molecule has 1 saturated heterocycles. The first-order valence-electron chi connectivity index (χ1n) is 12.4. The van der Waals surface area contributed by atoms with Crippen LogP contribution >= 0.6 is 0 Å². The molecule has 2 aromatic carbocycles. The molecule has 0 radical (unpaired) electrons. The van der Waals surface area contributed by atoms with Crippen LogP contribution in [0.1, 0.15) is 47.1 Å². The van der Waals surface area contributed by atoms with E-state index in [1.165, 1.54) is 11.3 Å². The fourth-order valence-electron chi connectivity index (χ4n) is 5.00. The molecule has 3 heterocycles. The van der Waals surface area contributed by atoms with E-state index in [9.17, 15) is 9.59 Å². The number of hydrogen-bond acceptors (Lipinski definition) is 6. The van der Waals surface area contributed by atoms with Crippen LogP contribution in [0.2, 0.25) is 0 Å². The summed E-state index contributed by atoms with van der Waals surface area (Å²) in [5.74, 6) is 0.839. The van der Waals surface area contributed by atoms with Crippen LogP contribution in [0.4, 0.5) is 5.69 Å². The van der Waals surface area contributed by atoms with Crippen LogP contribution < -0.4 is 4.90 Å². The number of hydrogen-bond donors (Lipinski definition) is 0. The third-order valence-electron chi connectivity index (χ3n) is 6.92. The minimum atomic E-state index is -0.247. The van der Waals surface area contributed by atoms with Crippen molar-refractivity contribution < 1.29 is 18.7 Å². The monoisotopic (exact) mass is 473 g/mol. The van der Waals surface area contributed by atoms with E-state index in [-0.39, 0.29) is 17.8 Å². The number of piperidine rings is 1. The second-order valence-electron chi connectivity index (χ2n) is 9.24. The van der Waals surface area contributed by atoms with Gasteiger partial charge in [0.1, 0.15) is 11.5 Å². The van der Waals surface area contributed by atoms with Crippen molar-refractivity contribution in [3.05, 3.63) is 71.1 Å². The molecule has 3 aromatic rings. The SMILES string of the molecule is CCOC(=O)[C@@H]1CCCN(C(=O)c2ccc(-c3nc(CN4CCc5ccccc54)c(C)o3)cc2)C1. The van der Waals surface area contributed by atoms with Crippen molar-refractivity contribution in [2.45, 2.75) is 39.7 Å². The molecular weight excluding hydrogens is 442 g/mol. The largest absolute Gasteiger partial charge is 0.466 e. The number of benzene rings is 2.